The number of carbonyl (C=O) groups excluding carboxylic acids is 1. The average molecular weight is 398 g/mol. The number of thioether (sulfide) groups is 1. The van der Waals surface area contributed by atoms with E-state index in [4.69, 9.17) is 4.74 Å². The van der Waals surface area contributed by atoms with Crippen molar-refractivity contribution in [3.63, 3.8) is 0 Å². The SMILES string of the molecule is COc1ccc(OC(F)F)c(NC(=O)NC2CCSc3c(F)cccc32)c1. The number of halogens is 3. The van der Waals surface area contributed by atoms with E-state index in [-0.39, 0.29) is 23.3 Å². The molecule has 1 atom stereocenters. The lowest BCUT2D eigenvalue weighted by Gasteiger charge is -2.26. The third-order valence-electron chi connectivity index (χ3n) is 3.98. The fourth-order valence-corrected chi connectivity index (χ4v) is 3.93. The van der Waals surface area contributed by atoms with Crippen LogP contribution in [0.3, 0.4) is 0 Å². The highest BCUT2D eigenvalue weighted by Crippen LogP contribution is 2.38. The number of fused-ring (bicyclic) bond motifs is 1. The number of hydrogen-bond acceptors (Lipinski definition) is 4. The summed E-state index contributed by atoms with van der Waals surface area (Å²) < 4.78 is 48.6. The van der Waals surface area contributed by atoms with Crippen molar-refractivity contribution in [2.45, 2.75) is 24.0 Å². The van der Waals surface area contributed by atoms with Crippen molar-refractivity contribution < 1.29 is 27.4 Å². The minimum absolute atomic E-state index is 0.0387. The van der Waals surface area contributed by atoms with Crippen LogP contribution in [0, 0.1) is 5.82 Å². The van der Waals surface area contributed by atoms with Gasteiger partial charge in [-0.3, -0.25) is 0 Å². The third kappa shape index (κ3) is 4.60. The molecule has 0 aliphatic carbocycles. The van der Waals surface area contributed by atoms with E-state index in [1.807, 2.05) is 0 Å². The van der Waals surface area contributed by atoms with Crippen molar-refractivity contribution in [3.05, 3.63) is 47.8 Å². The highest BCUT2D eigenvalue weighted by molar-refractivity contribution is 7.99. The van der Waals surface area contributed by atoms with Gasteiger partial charge in [0.1, 0.15) is 17.3 Å². The normalized spacial score (nSPS) is 15.8. The predicted octanol–water partition coefficient (Wildman–Crippen LogP) is 4.79. The molecule has 27 heavy (non-hydrogen) atoms. The number of rotatable bonds is 5. The van der Waals surface area contributed by atoms with Gasteiger partial charge in [-0.1, -0.05) is 12.1 Å². The van der Waals surface area contributed by atoms with Gasteiger partial charge in [-0.05, 0) is 30.2 Å². The van der Waals surface area contributed by atoms with E-state index >= 15 is 0 Å². The Morgan fingerprint density at radius 1 is 1.30 bits per heavy atom. The zero-order valence-corrected chi connectivity index (χ0v) is 15.1. The van der Waals surface area contributed by atoms with Crippen molar-refractivity contribution in [1.29, 1.82) is 0 Å². The Hall–Kier alpha value is -2.55. The molecule has 0 bridgehead atoms. The van der Waals surface area contributed by atoms with Crippen molar-refractivity contribution >= 4 is 23.5 Å². The lowest BCUT2D eigenvalue weighted by atomic mass is 10.0. The molecule has 1 aliphatic rings. The lowest BCUT2D eigenvalue weighted by Crippen LogP contribution is -2.34. The van der Waals surface area contributed by atoms with Crippen molar-refractivity contribution in [3.8, 4) is 11.5 Å². The quantitative estimate of drug-likeness (QED) is 0.760. The second-order valence-corrected chi connectivity index (χ2v) is 6.79. The van der Waals surface area contributed by atoms with Crippen LogP contribution < -0.4 is 20.1 Å². The smallest absolute Gasteiger partial charge is 0.387 e. The second-order valence-electron chi connectivity index (χ2n) is 5.69. The molecule has 0 aromatic heterocycles. The molecule has 0 radical (unpaired) electrons. The molecule has 9 heteroatoms. The van der Waals surface area contributed by atoms with Crippen LogP contribution in [0.1, 0.15) is 18.0 Å². The Balaban J connectivity index is 1.76. The van der Waals surface area contributed by atoms with Crippen LogP contribution >= 0.6 is 11.8 Å². The van der Waals surface area contributed by atoms with Gasteiger partial charge >= 0.3 is 12.6 Å². The molecule has 0 saturated heterocycles. The first-order chi connectivity index (χ1) is 13.0. The average Bonchev–Trinajstić information content (AvgIpc) is 2.63. The highest BCUT2D eigenvalue weighted by Gasteiger charge is 2.25. The second kappa shape index (κ2) is 8.43. The number of urea groups is 1. The summed E-state index contributed by atoms with van der Waals surface area (Å²) in [5.74, 6) is 0.502. The minimum Gasteiger partial charge on any atom is -0.497 e. The molecule has 0 fully saturated rings. The standard InChI is InChI=1S/C18H17F3N2O3S/c1-25-10-5-6-15(26-17(20)21)14(9-10)23-18(24)22-13-7-8-27-16-11(13)3-2-4-12(16)19/h2-6,9,13,17H,7-8H2,1H3,(H2,22,23,24). The van der Waals surface area contributed by atoms with Crippen LogP contribution in [0.5, 0.6) is 11.5 Å². The number of hydrogen-bond donors (Lipinski definition) is 2. The van der Waals surface area contributed by atoms with Gasteiger partial charge in [0, 0.05) is 16.7 Å². The van der Waals surface area contributed by atoms with Gasteiger partial charge in [0.05, 0.1) is 18.8 Å². The van der Waals surface area contributed by atoms with E-state index < -0.39 is 12.6 Å². The molecule has 5 nitrogen and oxygen atoms in total. The Morgan fingerprint density at radius 2 is 2.11 bits per heavy atom. The Morgan fingerprint density at radius 3 is 2.85 bits per heavy atom. The van der Waals surface area contributed by atoms with E-state index in [2.05, 4.69) is 15.4 Å². The van der Waals surface area contributed by atoms with E-state index in [0.29, 0.717) is 28.4 Å². The molecule has 144 valence electrons. The summed E-state index contributed by atoms with van der Waals surface area (Å²) in [7, 11) is 1.41. The summed E-state index contributed by atoms with van der Waals surface area (Å²) in [5, 5.41) is 5.25. The fourth-order valence-electron chi connectivity index (χ4n) is 2.79. The number of ether oxygens (including phenoxy) is 2. The van der Waals surface area contributed by atoms with E-state index in [1.54, 1.807) is 12.1 Å². The first-order valence-electron chi connectivity index (χ1n) is 8.09. The molecule has 2 aromatic rings. The fraction of sp³-hybridized carbons (Fsp3) is 0.278. The maximum atomic E-state index is 13.9. The van der Waals surface area contributed by atoms with Crippen LogP contribution in [0.15, 0.2) is 41.3 Å². The largest absolute Gasteiger partial charge is 0.497 e. The third-order valence-corrected chi connectivity index (χ3v) is 5.14. The minimum atomic E-state index is -3.03. The van der Waals surface area contributed by atoms with Gasteiger partial charge < -0.3 is 20.1 Å². The molecule has 2 aromatic carbocycles. The van der Waals surface area contributed by atoms with E-state index in [0.717, 1.165) is 0 Å². The molecule has 2 amide bonds. The monoisotopic (exact) mass is 398 g/mol. The topological polar surface area (TPSA) is 59.6 Å². The van der Waals surface area contributed by atoms with Crippen LogP contribution in [-0.4, -0.2) is 25.5 Å². The molecule has 1 aliphatic heterocycles. The van der Waals surface area contributed by atoms with Crippen LogP contribution in [0.4, 0.5) is 23.7 Å². The summed E-state index contributed by atoms with van der Waals surface area (Å²) >= 11 is 1.40. The van der Waals surface area contributed by atoms with Crippen molar-refractivity contribution in [1.82, 2.24) is 5.32 Å². The van der Waals surface area contributed by atoms with Gasteiger partial charge in [0.15, 0.2) is 0 Å². The summed E-state index contributed by atoms with van der Waals surface area (Å²) in [4.78, 5) is 12.9. The van der Waals surface area contributed by atoms with Gasteiger partial charge in [-0.25, -0.2) is 9.18 Å². The number of amides is 2. The first-order valence-corrected chi connectivity index (χ1v) is 9.08. The van der Waals surface area contributed by atoms with Crippen molar-refractivity contribution in [2.24, 2.45) is 0 Å². The number of nitrogens with one attached hydrogen (secondary N) is 2. The first kappa shape index (κ1) is 19.2. The maximum absolute atomic E-state index is 13.9. The molecule has 0 saturated carbocycles. The predicted molar refractivity (Wildman–Crippen MR) is 96.3 cm³/mol. The van der Waals surface area contributed by atoms with Crippen LogP contribution in [-0.2, 0) is 0 Å². The molecule has 2 N–H and O–H groups in total. The highest BCUT2D eigenvalue weighted by atomic mass is 32.2. The lowest BCUT2D eigenvalue weighted by molar-refractivity contribution is -0.0493. The Labute approximate surface area is 158 Å². The van der Waals surface area contributed by atoms with Crippen molar-refractivity contribution in [2.75, 3.05) is 18.2 Å². The Kier molecular flexibility index (Phi) is 6.00. The number of anilines is 1. The zero-order chi connectivity index (χ0) is 19.4. The maximum Gasteiger partial charge on any atom is 0.387 e. The molecule has 1 unspecified atom stereocenters. The van der Waals surface area contributed by atoms with Crippen LogP contribution in [0.2, 0.25) is 0 Å². The Bertz CT molecular complexity index is 835. The summed E-state index contributed by atoms with van der Waals surface area (Å²) in [5.41, 5.74) is 0.730. The number of benzene rings is 2. The summed E-state index contributed by atoms with van der Waals surface area (Å²) in [6.07, 6.45) is 0.618. The molecular formula is C18H17F3N2O3S. The molecule has 0 spiro atoms. The molecular weight excluding hydrogens is 381 g/mol. The van der Waals surface area contributed by atoms with E-state index in [9.17, 15) is 18.0 Å². The van der Waals surface area contributed by atoms with Gasteiger partial charge in [-0.15, -0.1) is 11.8 Å². The van der Waals surface area contributed by atoms with Gasteiger partial charge in [-0.2, -0.15) is 8.78 Å². The molecule has 1 heterocycles. The zero-order valence-electron chi connectivity index (χ0n) is 14.3. The summed E-state index contributed by atoms with van der Waals surface area (Å²) in [6.45, 7) is -3.03. The van der Waals surface area contributed by atoms with Crippen LogP contribution in [0.25, 0.3) is 0 Å². The van der Waals surface area contributed by atoms with Gasteiger partial charge in [0.2, 0.25) is 0 Å². The molecule has 3 rings (SSSR count). The van der Waals surface area contributed by atoms with E-state index in [1.165, 1.54) is 43.1 Å². The summed E-state index contributed by atoms with van der Waals surface area (Å²) in [6, 6.07) is 7.81. The number of alkyl halides is 2. The number of carbonyl (C=O) groups is 1. The number of methoxy groups -OCH3 is 1. The van der Waals surface area contributed by atoms with Gasteiger partial charge in [0.25, 0.3) is 0 Å².